The monoisotopic (exact) mass is 435 g/mol. The highest BCUT2D eigenvalue weighted by Crippen LogP contribution is 2.31. The van der Waals surface area contributed by atoms with Gasteiger partial charge in [-0.1, -0.05) is 18.2 Å². The minimum atomic E-state index is -0.131. The molecule has 5 rings (SSSR count). The number of hydrogen-bond donors (Lipinski definition) is 0. The number of tetrazole rings is 1. The van der Waals surface area contributed by atoms with E-state index in [1.54, 1.807) is 0 Å². The van der Waals surface area contributed by atoms with Crippen LogP contribution >= 0.6 is 11.3 Å². The number of hydrogen-bond acceptors (Lipinski definition) is 7. The van der Waals surface area contributed by atoms with Gasteiger partial charge in [0.25, 0.3) is 0 Å². The number of thiophene rings is 1. The van der Waals surface area contributed by atoms with Gasteiger partial charge in [-0.05, 0) is 48.7 Å². The maximum atomic E-state index is 13.0. The largest absolute Gasteiger partial charge is 0.486 e. The van der Waals surface area contributed by atoms with Gasteiger partial charge >= 0.3 is 0 Å². The summed E-state index contributed by atoms with van der Waals surface area (Å²) in [5.41, 5.74) is 2.54. The summed E-state index contributed by atoms with van der Waals surface area (Å²) in [6.45, 7) is 5.04. The fraction of sp³-hybridized carbons (Fsp3) is 0.273. The quantitative estimate of drug-likeness (QED) is 0.431. The third kappa shape index (κ3) is 3.84. The Labute approximate surface area is 183 Å². The van der Waals surface area contributed by atoms with Gasteiger partial charge in [-0.15, -0.1) is 21.5 Å². The van der Waals surface area contributed by atoms with Crippen molar-refractivity contribution < 1.29 is 14.3 Å². The Balaban J connectivity index is 1.30. The molecule has 3 aromatic heterocycles. The van der Waals surface area contributed by atoms with Crippen molar-refractivity contribution >= 4 is 17.1 Å². The molecule has 0 spiro atoms. The van der Waals surface area contributed by atoms with E-state index in [9.17, 15) is 4.79 Å². The topological polar surface area (TPSA) is 84.1 Å². The van der Waals surface area contributed by atoms with Gasteiger partial charge in [-0.3, -0.25) is 4.79 Å². The summed E-state index contributed by atoms with van der Waals surface area (Å²) in [5, 5.41) is 14.4. The summed E-state index contributed by atoms with van der Waals surface area (Å²) in [5.74, 6) is 1.98. The summed E-state index contributed by atoms with van der Waals surface area (Å²) in [4.78, 5) is 15.2. The molecule has 8 nitrogen and oxygen atoms in total. The smallest absolute Gasteiger partial charge is 0.214 e. The van der Waals surface area contributed by atoms with Crippen LogP contribution < -0.4 is 9.47 Å². The highest BCUT2D eigenvalue weighted by atomic mass is 32.1. The van der Waals surface area contributed by atoms with Crippen molar-refractivity contribution in [2.75, 3.05) is 6.61 Å². The van der Waals surface area contributed by atoms with E-state index in [2.05, 4.69) is 20.0 Å². The number of benzene rings is 1. The van der Waals surface area contributed by atoms with E-state index >= 15 is 0 Å². The van der Waals surface area contributed by atoms with Crippen molar-refractivity contribution in [2.24, 2.45) is 0 Å². The number of carbonyl (C=O) groups excluding carboxylic acids is 1. The first-order chi connectivity index (χ1) is 15.1. The Bertz CT molecular complexity index is 1230. The van der Waals surface area contributed by atoms with Crippen LogP contribution in [0.25, 0.3) is 10.7 Å². The van der Waals surface area contributed by atoms with E-state index in [1.165, 1.54) is 16.1 Å². The fourth-order valence-corrected chi connectivity index (χ4v) is 4.40. The third-order valence-corrected chi connectivity index (χ3v) is 6.17. The van der Waals surface area contributed by atoms with Crippen LogP contribution in [0.5, 0.6) is 11.5 Å². The van der Waals surface area contributed by atoms with Crippen molar-refractivity contribution in [1.82, 2.24) is 24.8 Å². The Morgan fingerprint density at radius 1 is 1.19 bits per heavy atom. The Hall–Kier alpha value is -3.46. The molecule has 0 radical (unpaired) electrons. The lowest BCUT2D eigenvalue weighted by molar-refractivity contribution is 0.0777. The van der Waals surface area contributed by atoms with Crippen LogP contribution in [0.2, 0.25) is 0 Å². The molecule has 0 bridgehead atoms. The van der Waals surface area contributed by atoms with Gasteiger partial charge in [0, 0.05) is 17.0 Å². The standard InChI is InChI=1S/C22H21N5O3S/c1-14-10-17(18(28)12-27-24-22(23-25-27)21-8-5-9-31-21)15(2)26(14)11-16-13-29-19-6-3-4-7-20(19)30-16/h3-10,16H,11-13H2,1-2H3. The second-order valence-corrected chi connectivity index (χ2v) is 8.38. The SMILES string of the molecule is Cc1cc(C(=O)Cn2nnc(-c3cccs3)n2)c(C)n1CC1COc2ccccc2O1. The number of carbonyl (C=O) groups is 1. The summed E-state index contributed by atoms with van der Waals surface area (Å²) < 4.78 is 14.0. The zero-order chi connectivity index (χ0) is 21.4. The lowest BCUT2D eigenvalue weighted by Crippen LogP contribution is -2.33. The number of para-hydroxylation sites is 2. The van der Waals surface area contributed by atoms with E-state index in [0.717, 1.165) is 27.8 Å². The van der Waals surface area contributed by atoms with Gasteiger partial charge in [0.1, 0.15) is 13.2 Å². The molecule has 0 saturated heterocycles. The van der Waals surface area contributed by atoms with Crippen molar-refractivity contribution in [3.63, 3.8) is 0 Å². The molecule has 9 heteroatoms. The number of ether oxygens (including phenoxy) is 2. The maximum absolute atomic E-state index is 13.0. The van der Waals surface area contributed by atoms with E-state index in [0.29, 0.717) is 24.5 Å². The van der Waals surface area contributed by atoms with Crippen molar-refractivity contribution in [3.8, 4) is 22.2 Å². The Kier molecular flexibility index (Phi) is 5.03. The lowest BCUT2D eigenvalue weighted by Gasteiger charge is -2.27. The molecule has 0 aliphatic carbocycles. The van der Waals surface area contributed by atoms with Crippen LogP contribution in [-0.2, 0) is 13.1 Å². The first-order valence-corrected chi connectivity index (χ1v) is 10.9. The zero-order valence-electron chi connectivity index (χ0n) is 17.2. The molecular formula is C22H21N5O3S. The van der Waals surface area contributed by atoms with Gasteiger partial charge in [0.2, 0.25) is 5.82 Å². The van der Waals surface area contributed by atoms with Crippen molar-refractivity contribution in [1.29, 1.82) is 0 Å². The fourth-order valence-electron chi connectivity index (χ4n) is 3.75. The molecule has 1 unspecified atom stereocenters. The highest BCUT2D eigenvalue weighted by molar-refractivity contribution is 7.13. The predicted octanol–water partition coefficient (Wildman–Crippen LogP) is 3.54. The molecule has 0 fully saturated rings. The molecule has 0 amide bonds. The van der Waals surface area contributed by atoms with E-state index in [4.69, 9.17) is 9.47 Å². The minimum Gasteiger partial charge on any atom is -0.486 e. The number of ketones is 1. The molecule has 0 saturated carbocycles. The summed E-state index contributed by atoms with van der Waals surface area (Å²) in [7, 11) is 0. The van der Waals surface area contributed by atoms with Crippen LogP contribution in [-0.4, -0.2) is 43.3 Å². The lowest BCUT2D eigenvalue weighted by atomic mass is 10.1. The summed E-state index contributed by atoms with van der Waals surface area (Å²) in [6, 6.07) is 13.4. The van der Waals surface area contributed by atoms with E-state index in [1.807, 2.05) is 61.7 Å². The average Bonchev–Trinajstić information content (AvgIpc) is 3.51. The summed E-state index contributed by atoms with van der Waals surface area (Å²) in [6.07, 6.45) is -0.131. The van der Waals surface area contributed by atoms with Gasteiger partial charge in [0.05, 0.1) is 11.4 Å². The van der Waals surface area contributed by atoms with Gasteiger partial charge < -0.3 is 14.0 Å². The van der Waals surface area contributed by atoms with Crippen molar-refractivity contribution in [2.45, 2.75) is 33.0 Å². The number of Topliss-reactive ketones (excluding diaryl/α,β-unsaturated/α-hetero) is 1. The second kappa shape index (κ2) is 7.99. The number of fused-ring (bicyclic) bond motifs is 1. The van der Waals surface area contributed by atoms with E-state index in [-0.39, 0.29) is 18.4 Å². The molecular weight excluding hydrogens is 414 g/mol. The summed E-state index contributed by atoms with van der Waals surface area (Å²) >= 11 is 1.54. The average molecular weight is 436 g/mol. The second-order valence-electron chi connectivity index (χ2n) is 7.44. The van der Waals surface area contributed by atoms with Crippen molar-refractivity contribution in [3.05, 3.63) is 64.8 Å². The van der Waals surface area contributed by atoms with Gasteiger partial charge in [-0.25, -0.2) is 0 Å². The molecule has 1 aromatic carbocycles. The Morgan fingerprint density at radius 3 is 2.84 bits per heavy atom. The van der Waals surface area contributed by atoms with Crippen LogP contribution in [0.4, 0.5) is 0 Å². The Morgan fingerprint density at radius 2 is 2.03 bits per heavy atom. The molecule has 31 heavy (non-hydrogen) atoms. The first-order valence-electron chi connectivity index (χ1n) is 9.98. The zero-order valence-corrected chi connectivity index (χ0v) is 18.0. The minimum absolute atomic E-state index is 0.0408. The molecule has 1 aliphatic heterocycles. The molecule has 4 aromatic rings. The van der Waals surface area contributed by atoms with E-state index < -0.39 is 0 Å². The molecule has 4 heterocycles. The number of rotatable bonds is 6. The van der Waals surface area contributed by atoms with Crippen LogP contribution in [0, 0.1) is 13.8 Å². The third-order valence-electron chi connectivity index (χ3n) is 5.31. The predicted molar refractivity (Wildman–Crippen MR) is 116 cm³/mol. The van der Waals surface area contributed by atoms with Crippen LogP contribution in [0.15, 0.2) is 47.8 Å². The van der Waals surface area contributed by atoms with Gasteiger partial charge in [0.15, 0.2) is 23.4 Å². The van der Waals surface area contributed by atoms with Crippen LogP contribution in [0.3, 0.4) is 0 Å². The molecule has 0 N–H and O–H groups in total. The van der Waals surface area contributed by atoms with Gasteiger partial charge in [-0.2, -0.15) is 4.80 Å². The molecule has 1 atom stereocenters. The number of aryl methyl sites for hydroxylation is 1. The molecule has 1 aliphatic rings. The van der Waals surface area contributed by atoms with Crippen LogP contribution in [0.1, 0.15) is 21.7 Å². The first kappa shape index (κ1) is 19.5. The normalized spacial score (nSPS) is 15.2. The molecule has 158 valence electrons. The highest BCUT2D eigenvalue weighted by Gasteiger charge is 2.24. The number of nitrogens with zero attached hydrogens (tertiary/aromatic N) is 5. The number of aromatic nitrogens is 5. The maximum Gasteiger partial charge on any atom is 0.214 e.